The number of hydrogen-bond donors (Lipinski definition) is 1. The molecule has 5 nitrogen and oxygen atoms in total. The zero-order valence-corrected chi connectivity index (χ0v) is 12.5. The molecule has 1 heterocycles. The van der Waals surface area contributed by atoms with E-state index in [1.54, 1.807) is 24.0 Å². The SMILES string of the molecule is CCN(CC)CCSc1cnc(N)cc1C(=O)OC. The number of aromatic nitrogens is 1. The van der Waals surface area contributed by atoms with Gasteiger partial charge >= 0.3 is 5.97 Å². The van der Waals surface area contributed by atoms with E-state index in [1.165, 1.54) is 7.11 Å². The molecule has 19 heavy (non-hydrogen) atoms. The van der Waals surface area contributed by atoms with Crippen LogP contribution < -0.4 is 5.73 Å². The maximum absolute atomic E-state index is 11.7. The monoisotopic (exact) mass is 283 g/mol. The van der Waals surface area contributed by atoms with Crippen molar-refractivity contribution in [3.05, 3.63) is 17.8 Å². The van der Waals surface area contributed by atoms with E-state index in [4.69, 9.17) is 10.5 Å². The van der Waals surface area contributed by atoms with Crippen molar-refractivity contribution >= 4 is 23.5 Å². The number of nitrogen functional groups attached to an aromatic ring is 1. The standard InChI is InChI=1S/C13H21N3O2S/c1-4-16(5-2)6-7-19-11-9-15-12(14)8-10(11)13(17)18-3/h8-9H,4-7H2,1-3H3,(H2,14,15). The molecule has 0 aliphatic rings. The predicted octanol–water partition coefficient (Wildman–Crippen LogP) is 1.88. The third-order valence-corrected chi connectivity index (χ3v) is 3.88. The van der Waals surface area contributed by atoms with Gasteiger partial charge in [0.2, 0.25) is 0 Å². The van der Waals surface area contributed by atoms with Crippen molar-refractivity contribution in [3.8, 4) is 0 Å². The highest BCUT2D eigenvalue weighted by molar-refractivity contribution is 7.99. The molecule has 0 amide bonds. The number of pyridine rings is 1. The quantitative estimate of drug-likeness (QED) is 0.609. The lowest BCUT2D eigenvalue weighted by Gasteiger charge is -2.17. The summed E-state index contributed by atoms with van der Waals surface area (Å²) in [6.45, 7) is 7.31. The van der Waals surface area contributed by atoms with Gasteiger partial charge in [0, 0.05) is 23.4 Å². The fourth-order valence-corrected chi connectivity index (χ4v) is 2.66. The molecule has 1 aromatic rings. The van der Waals surface area contributed by atoms with Crippen LogP contribution in [0, 0.1) is 0 Å². The number of methoxy groups -OCH3 is 1. The van der Waals surface area contributed by atoms with Gasteiger partial charge in [-0.1, -0.05) is 13.8 Å². The Morgan fingerprint density at radius 3 is 2.74 bits per heavy atom. The number of esters is 1. The summed E-state index contributed by atoms with van der Waals surface area (Å²) in [6, 6.07) is 1.56. The molecule has 106 valence electrons. The van der Waals surface area contributed by atoms with E-state index in [1.807, 2.05) is 0 Å². The Bertz CT molecular complexity index is 422. The minimum Gasteiger partial charge on any atom is -0.465 e. The van der Waals surface area contributed by atoms with Gasteiger partial charge < -0.3 is 15.4 Å². The second-order valence-corrected chi connectivity index (χ2v) is 5.11. The van der Waals surface area contributed by atoms with Gasteiger partial charge in [-0.3, -0.25) is 0 Å². The molecule has 0 aliphatic heterocycles. The zero-order valence-electron chi connectivity index (χ0n) is 11.7. The molecule has 0 fully saturated rings. The number of hydrogen-bond acceptors (Lipinski definition) is 6. The molecule has 0 saturated heterocycles. The van der Waals surface area contributed by atoms with Gasteiger partial charge in [0.1, 0.15) is 5.82 Å². The highest BCUT2D eigenvalue weighted by atomic mass is 32.2. The summed E-state index contributed by atoms with van der Waals surface area (Å²) in [6.07, 6.45) is 1.63. The van der Waals surface area contributed by atoms with E-state index >= 15 is 0 Å². The summed E-state index contributed by atoms with van der Waals surface area (Å²) in [7, 11) is 1.36. The van der Waals surface area contributed by atoms with Crippen molar-refractivity contribution in [2.75, 3.05) is 38.2 Å². The van der Waals surface area contributed by atoms with Crippen LogP contribution >= 0.6 is 11.8 Å². The van der Waals surface area contributed by atoms with E-state index in [9.17, 15) is 4.79 Å². The average Bonchev–Trinajstić information content (AvgIpc) is 2.44. The van der Waals surface area contributed by atoms with Gasteiger partial charge in [0.25, 0.3) is 0 Å². The van der Waals surface area contributed by atoms with Gasteiger partial charge in [0.15, 0.2) is 0 Å². The lowest BCUT2D eigenvalue weighted by molar-refractivity contribution is 0.0596. The Hall–Kier alpha value is -1.27. The van der Waals surface area contributed by atoms with Crippen LogP contribution in [0.4, 0.5) is 5.82 Å². The van der Waals surface area contributed by atoms with Crippen LogP contribution in [-0.2, 0) is 4.74 Å². The Kier molecular flexibility index (Phi) is 6.66. The van der Waals surface area contributed by atoms with Crippen LogP contribution in [0.15, 0.2) is 17.2 Å². The van der Waals surface area contributed by atoms with E-state index in [2.05, 4.69) is 23.7 Å². The molecular weight excluding hydrogens is 262 g/mol. The molecule has 1 rings (SSSR count). The van der Waals surface area contributed by atoms with Crippen LogP contribution in [0.2, 0.25) is 0 Å². The average molecular weight is 283 g/mol. The van der Waals surface area contributed by atoms with Crippen LogP contribution in [0.1, 0.15) is 24.2 Å². The number of carbonyl (C=O) groups excluding carboxylic acids is 1. The summed E-state index contributed by atoms with van der Waals surface area (Å²) in [5.41, 5.74) is 6.09. The zero-order chi connectivity index (χ0) is 14.3. The molecule has 0 aliphatic carbocycles. The van der Waals surface area contributed by atoms with Gasteiger partial charge in [-0.2, -0.15) is 0 Å². The van der Waals surface area contributed by atoms with Crippen molar-refractivity contribution < 1.29 is 9.53 Å². The third-order valence-electron chi connectivity index (χ3n) is 2.85. The first-order valence-corrected chi connectivity index (χ1v) is 7.29. The van der Waals surface area contributed by atoms with Gasteiger partial charge in [-0.15, -0.1) is 11.8 Å². The Morgan fingerprint density at radius 1 is 1.47 bits per heavy atom. The summed E-state index contributed by atoms with van der Waals surface area (Å²) < 4.78 is 4.76. The summed E-state index contributed by atoms with van der Waals surface area (Å²) in [5, 5.41) is 0. The van der Waals surface area contributed by atoms with Crippen LogP contribution in [0.5, 0.6) is 0 Å². The topological polar surface area (TPSA) is 68.5 Å². The Balaban J connectivity index is 2.69. The number of nitrogens with two attached hydrogens (primary N) is 1. The molecule has 0 spiro atoms. The second kappa shape index (κ2) is 8.01. The maximum atomic E-state index is 11.7. The summed E-state index contributed by atoms with van der Waals surface area (Å²) in [5.74, 6) is 0.852. The molecular formula is C13H21N3O2S. The minimum absolute atomic E-state index is 0.327. The lowest BCUT2D eigenvalue weighted by atomic mass is 10.2. The highest BCUT2D eigenvalue weighted by Gasteiger charge is 2.13. The first-order valence-electron chi connectivity index (χ1n) is 6.31. The van der Waals surface area contributed by atoms with Crippen molar-refractivity contribution in [1.82, 2.24) is 9.88 Å². The summed E-state index contributed by atoms with van der Waals surface area (Å²) >= 11 is 1.60. The normalized spacial score (nSPS) is 10.7. The van der Waals surface area contributed by atoms with Crippen molar-refractivity contribution in [2.24, 2.45) is 0 Å². The van der Waals surface area contributed by atoms with E-state index in [0.29, 0.717) is 11.4 Å². The number of nitrogens with zero attached hydrogens (tertiary/aromatic N) is 2. The lowest BCUT2D eigenvalue weighted by Crippen LogP contribution is -2.25. The van der Waals surface area contributed by atoms with Crippen LogP contribution in [-0.4, -0.2) is 48.4 Å². The highest BCUT2D eigenvalue weighted by Crippen LogP contribution is 2.24. The van der Waals surface area contributed by atoms with E-state index in [-0.39, 0.29) is 5.97 Å². The first-order chi connectivity index (χ1) is 9.12. The first kappa shape index (κ1) is 15.8. The Morgan fingerprint density at radius 2 is 2.16 bits per heavy atom. The third kappa shape index (κ3) is 4.72. The molecule has 0 saturated carbocycles. The minimum atomic E-state index is -0.376. The van der Waals surface area contributed by atoms with Crippen LogP contribution in [0.3, 0.4) is 0 Å². The fraction of sp³-hybridized carbons (Fsp3) is 0.538. The molecule has 0 unspecified atom stereocenters. The molecule has 0 atom stereocenters. The second-order valence-electron chi connectivity index (χ2n) is 3.97. The van der Waals surface area contributed by atoms with Gasteiger partial charge in [0.05, 0.1) is 12.7 Å². The molecule has 2 N–H and O–H groups in total. The van der Waals surface area contributed by atoms with Gasteiger partial charge in [-0.05, 0) is 19.2 Å². The number of anilines is 1. The smallest absolute Gasteiger partial charge is 0.339 e. The van der Waals surface area contributed by atoms with Crippen molar-refractivity contribution in [2.45, 2.75) is 18.7 Å². The molecule has 1 aromatic heterocycles. The fourth-order valence-electron chi connectivity index (χ4n) is 1.67. The maximum Gasteiger partial charge on any atom is 0.339 e. The van der Waals surface area contributed by atoms with E-state index < -0.39 is 0 Å². The predicted molar refractivity (Wildman–Crippen MR) is 78.5 cm³/mol. The largest absolute Gasteiger partial charge is 0.465 e. The van der Waals surface area contributed by atoms with E-state index in [0.717, 1.165) is 30.3 Å². The summed E-state index contributed by atoms with van der Waals surface area (Å²) in [4.78, 5) is 18.8. The van der Waals surface area contributed by atoms with Crippen molar-refractivity contribution in [1.29, 1.82) is 0 Å². The number of thioether (sulfide) groups is 1. The number of ether oxygens (including phenoxy) is 1. The van der Waals surface area contributed by atoms with Crippen molar-refractivity contribution in [3.63, 3.8) is 0 Å². The number of carbonyl (C=O) groups is 1. The molecule has 6 heteroatoms. The molecule has 0 bridgehead atoms. The van der Waals surface area contributed by atoms with Crippen LogP contribution in [0.25, 0.3) is 0 Å². The molecule has 0 radical (unpaired) electrons. The molecule has 0 aromatic carbocycles. The number of rotatable bonds is 7. The van der Waals surface area contributed by atoms with Gasteiger partial charge in [-0.25, -0.2) is 9.78 Å². The Labute approximate surface area is 118 Å².